The van der Waals surface area contributed by atoms with Gasteiger partial charge in [-0.3, -0.25) is 9.69 Å². The summed E-state index contributed by atoms with van der Waals surface area (Å²) < 4.78 is 17.0. The first-order chi connectivity index (χ1) is 18.9. The van der Waals surface area contributed by atoms with Gasteiger partial charge in [0.15, 0.2) is 11.5 Å². The van der Waals surface area contributed by atoms with Gasteiger partial charge in [-0.2, -0.15) is 0 Å². The minimum Gasteiger partial charge on any atom is -0.493 e. The molecule has 7 heteroatoms. The van der Waals surface area contributed by atoms with E-state index < -0.39 is 0 Å². The summed E-state index contributed by atoms with van der Waals surface area (Å²) in [4.78, 5) is 18.1. The molecule has 0 radical (unpaired) electrons. The van der Waals surface area contributed by atoms with E-state index >= 15 is 0 Å². The lowest BCUT2D eigenvalue weighted by Gasteiger charge is -2.29. The van der Waals surface area contributed by atoms with Gasteiger partial charge in [-0.1, -0.05) is 51.0 Å². The van der Waals surface area contributed by atoms with Crippen molar-refractivity contribution in [1.29, 1.82) is 0 Å². The first-order valence-corrected chi connectivity index (χ1v) is 14.9. The zero-order valence-electron chi connectivity index (χ0n) is 24.9. The van der Waals surface area contributed by atoms with Gasteiger partial charge in [-0.25, -0.2) is 0 Å². The Morgan fingerprint density at radius 1 is 1.23 bits per heavy atom. The average molecular weight is 542 g/mol. The summed E-state index contributed by atoms with van der Waals surface area (Å²) in [5.41, 5.74) is 8.38. The number of hydrogen-bond donors (Lipinski definition) is 1. The van der Waals surface area contributed by atoms with Crippen LogP contribution < -0.4 is 19.9 Å². The van der Waals surface area contributed by atoms with Gasteiger partial charge in [0, 0.05) is 25.7 Å². The number of allylic oxidation sites excluding steroid dienone is 4. The first kappa shape index (κ1) is 31.0. The minimum atomic E-state index is 0.220. The van der Waals surface area contributed by atoms with Crippen LogP contribution in [0.1, 0.15) is 84.1 Å². The third kappa shape index (κ3) is 8.74. The van der Waals surface area contributed by atoms with Crippen LogP contribution in [0.25, 0.3) is 0 Å². The molecule has 2 aliphatic rings. The van der Waals surface area contributed by atoms with Gasteiger partial charge in [-0.15, -0.1) is 0 Å². The predicted molar refractivity (Wildman–Crippen MR) is 159 cm³/mol. The fourth-order valence-electron chi connectivity index (χ4n) is 5.65. The number of carbonyl (C=O) groups excluding carboxylic acids is 1. The predicted octanol–water partition coefficient (Wildman–Crippen LogP) is 5.89. The maximum absolute atomic E-state index is 13.6. The largest absolute Gasteiger partial charge is 0.493 e. The highest BCUT2D eigenvalue weighted by Crippen LogP contribution is 2.45. The number of rotatable bonds is 16. The monoisotopic (exact) mass is 541 g/mol. The smallest absolute Gasteiger partial charge is 0.236 e. The number of ether oxygens (including phenoxy) is 3. The molecule has 1 saturated heterocycles. The van der Waals surface area contributed by atoms with E-state index in [1.165, 1.54) is 11.1 Å². The van der Waals surface area contributed by atoms with E-state index in [1.807, 2.05) is 0 Å². The van der Waals surface area contributed by atoms with Crippen LogP contribution in [0.2, 0.25) is 0 Å². The summed E-state index contributed by atoms with van der Waals surface area (Å²) in [6, 6.07) is 4.52. The van der Waals surface area contributed by atoms with Crippen LogP contribution in [0.4, 0.5) is 0 Å². The standard InChI is InChI=1S/C32H51N3O4/c1-6-8-12-25(24(3)4)13-14-28-18-27(26-19-29(37-5)32-30(20-26)38-23-39-32)21-35(28)22-31(36)34(16-9-7-2)17-11-10-15-33/h6,8,12,19-20,24,27-28H,7,9-11,13-18,21-23,33H2,1-5H3/b8-6-,25-12-. The molecule has 0 bridgehead atoms. The van der Waals surface area contributed by atoms with E-state index in [9.17, 15) is 4.79 Å². The molecule has 218 valence electrons. The number of nitrogens with zero attached hydrogens (tertiary/aromatic N) is 2. The molecular formula is C32H51N3O4. The highest BCUT2D eigenvalue weighted by molar-refractivity contribution is 5.78. The molecule has 2 atom stereocenters. The summed E-state index contributed by atoms with van der Waals surface area (Å²) in [5, 5.41) is 0. The first-order valence-electron chi connectivity index (χ1n) is 14.9. The van der Waals surface area contributed by atoms with Crippen molar-refractivity contribution in [3.05, 3.63) is 41.5 Å². The second-order valence-electron chi connectivity index (χ2n) is 11.2. The Labute approximate surface area is 236 Å². The van der Waals surface area contributed by atoms with Crippen LogP contribution >= 0.6 is 0 Å². The summed E-state index contributed by atoms with van der Waals surface area (Å²) in [5.74, 6) is 3.18. The molecule has 1 amide bonds. The van der Waals surface area contributed by atoms with Crippen molar-refractivity contribution in [2.24, 2.45) is 11.7 Å². The second kappa shape index (κ2) is 15.9. The molecule has 1 fully saturated rings. The number of carbonyl (C=O) groups is 1. The lowest BCUT2D eigenvalue weighted by atomic mass is 9.91. The Morgan fingerprint density at radius 2 is 2.03 bits per heavy atom. The molecule has 3 rings (SSSR count). The van der Waals surface area contributed by atoms with Gasteiger partial charge in [0.05, 0.1) is 13.7 Å². The summed E-state index contributed by atoms with van der Waals surface area (Å²) >= 11 is 0. The van der Waals surface area contributed by atoms with Crippen molar-refractivity contribution < 1.29 is 19.0 Å². The maximum atomic E-state index is 13.6. The maximum Gasteiger partial charge on any atom is 0.236 e. The zero-order chi connectivity index (χ0) is 28.2. The molecule has 0 aromatic heterocycles. The van der Waals surface area contributed by atoms with Gasteiger partial charge in [-0.05, 0) is 81.5 Å². The van der Waals surface area contributed by atoms with Crippen molar-refractivity contribution in [3.63, 3.8) is 0 Å². The van der Waals surface area contributed by atoms with Gasteiger partial charge in [0.2, 0.25) is 18.4 Å². The summed E-state index contributed by atoms with van der Waals surface area (Å²) in [6.07, 6.45) is 13.6. The molecule has 1 aromatic carbocycles. The number of amides is 1. The van der Waals surface area contributed by atoms with Gasteiger partial charge < -0.3 is 24.8 Å². The number of benzene rings is 1. The molecule has 2 heterocycles. The highest BCUT2D eigenvalue weighted by atomic mass is 16.7. The second-order valence-corrected chi connectivity index (χ2v) is 11.2. The van der Waals surface area contributed by atoms with Crippen LogP contribution in [0.5, 0.6) is 17.2 Å². The lowest BCUT2D eigenvalue weighted by Crippen LogP contribution is -2.43. The van der Waals surface area contributed by atoms with E-state index in [0.717, 1.165) is 70.3 Å². The van der Waals surface area contributed by atoms with Gasteiger partial charge >= 0.3 is 0 Å². The number of fused-ring (bicyclic) bond motifs is 1. The summed E-state index contributed by atoms with van der Waals surface area (Å²) in [7, 11) is 1.67. The Morgan fingerprint density at radius 3 is 2.72 bits per heavy atom. The molecule has 1 aromatic rings. The number of hydrogen-bond acceptors (Lipinski definition) is 6. The van der Waals surface area contributed by atoms with E-state index in [-0.39, 0.29) is 12.7 Å². The number of unbranched alkanes of at least 4 members (excludes halogenated alkanes) is 2. The Balaban J connectivity index is 1.80. The molecular weight excluding hydrogens is 490 g/mol. The average Bonchev–Trinajstić information content (AvgIpc) is 3.57. The Bertz CT molecular complexity index is 974. The fourth-order valence-corrected chi connectivity index (χ4v) is 5.65. The van der Waals surface area contributed by atoms with E-state index in [2.05, 4.69) is 67.9 Å². The van der Waals surface area contributed by atoms with E-state index in [1.54, 1.807) is 7.11 Å². The molecule has 2 unspecified atom stereocenters. The number of nitrogens with two attached hydrogens (primary N) is 1. The van der Waals surface area contributed by atoms with Crippen molar-refractivity contribution in [1.82, 2.24) is 9.80 Å². The normalized spacial score (nSPS) is 19.4. The molecule has 0 spiro atoms. The molecule has 0 aliphatic carbocycles. The van der Waals surface area contributed by atoms with E-state index in [0.29, 0.717) is 42.5 Å². The van der Waals surface area contributed by atoms with Crippen molar-refractivity contribution in [3.8, 4) is 17.2 Å². The van der Waals surface area contributed by atoms with Gasteiger partial charge in [0.1, 0.15) is 0 Å². The van der Waals surface area contributed by atoms with Crippen LogP contribution in [0.3, 0.4) is 0 Å². The summed E-state index contributed by atoms with van der Waals surface area (Å²) in [6.45, 7) is 12.6. The Kier molecular flexibility index (Phi) is 12.7. The van der Waals surface area contributed by atoms with Crippen LogP contribution in [0, 0.1) is 5.92 Å². The quantitative estimate of drug-likeness (QED) is 0.208. The van der Waals surface area contributed by atoms with Crippen LogP contribution in [-0.4, -0.2) is 68.4 Å². The van der Waals surface area contributed by atoms with Crippen LogP contribution in [-0.2, 0) is 4.79 Å². The number of methoxy groups -OCH3 is 1. The van der Waals surface area contributed by atoms with E-state index in [4.69, 9.17) is 19.9 Å². The molecule has 7 nitrogen and oxygen atoms in total. The molecule has 0 saturated carbocycles. The number of likely N-dealkylation sites (tertiary alicyclic amines) is 1. The highest BCUT2D eigenvalue weighted by Gasteiger charge is 2.36. The van der Waals surface area contributed by atoms with Gasteiger partial charge in [0.25, 0.3) is 0 Å². The van der Waals surface area contributed by atoms with Crippen LogP contribution in [0.15, 0.2) is 35.9 Å². The fraction of sp³-hybridized carbons (Fsp3) is 0.656. The minimum absolute atomic E-state index is 0.220. The van der Waals surface area contributed by atoms with Crippen molar-refractivity contribution in [2.45, 2.75) is 84.6 Å². The Hall–Kier alpha value is -2.51. The SMILES string of the molecule is C/C=C\C=C(\CCC1CC(c2cc(OC)c3c(c2)OCO3)CN1CC(=O)N(CCCC)CCCCN)C(C)C. The molecule has 2 aliphatic heterocycles. The van der Waals surface area contributed by atoms with Crippen molar-refractivity contribution in [2.75, 3.05) is 46.6 Å². The topological polar surface area (TPSA) is 77.3 Å². The zero-order valence-corrected chi connectivity index (χ0v) is 24.9. The lowest BCUT2D eigenvalue weighted by molar-refractivity contribution is -0.132. The van der Waals surface area contributed by atoms with Crippen molar-refractivity contribution >= 4 is 5.91 Å². The molecule has 39 heavy (non-hydrogen) atoms. The third-order valence-electron chi connectivity index (χ3n) is 8.05. The third-order valence-corrected chi connectivity index (χ3v) is 8.05. The molecule has 2 N–H and O–H groups in total.